The fraction of sp³-hybridized carbons (Fsp3) is 0.184. The lowest BCUT2D eigenvalue weighted by atomic mass is 9.45. The number of phenolic OH excluding ortho intramolecular Hbond substituents is 1. The summed E-state index contributed by atoms with van der Waals surface area (Å²) >= 11 is 0. The van der Waals surface area contributed by atoms with E-state index in [-0.39, 0.29) is 35.6 Å². The number of methoxy groups -OCH3 is 1. The number of hydrogen-bond acceptors (Lipinski definition) is 7. The van der Waals surface area contributed by atoms with Crippen LogP contribution in [-0.4, -0.2) is 35.6 Å². The first-order valence-corrected chi connectivity index (χ1v) is 19.3. The molecule has 57 heavy (non-hydrogen) atoms. The van der Waals surface area contributed by atoms with E-state index in [0.29, 0.717) is 29.0 Å². The second kappa shape index (κ2) is 14.4. The van der Waals surface area contributed by atoms with Crippen LogP contribution in [0.25, 0.3) is 11.6 Å². The van der Waals surface area contributed by atoms with E-state index >= 15 is 9.59 Å². The Morgan fingerprint density at radius 2 is 1.44 bits per heavy atom. The topological polar surface area (TPSA) is 113 Å². The molecule has 1 saturated carbocycles. The minimum Gasteiger partial charge on any atom is -0.504 e. The van der Waals surface area contributed by atoms with Crippen LogP contribution in [0.2, 0.25) is 0 Å². The lowest BCUT2D eigenvalue weighted by molar-refractivity contribution is -0.135. The Labute approximate surface area is 330 Å². The minimum atomic E-state index is -1.32. The number of Topliss-reactive ketones (excluding diaryl/α,β-unsaturated/α-hetero) is 1. The third kappa shape index (κ3) is 5.91. The fourth-order valence-electron chi connectivity index (χ4n) is 9.76. The Morgan fingerprint density at radius 3 is 2.14 bits per heavy atom. The van der Waals surface area contributed by atoms with Gasteiger partial charge in [0, 0.05) is 28.8 Å². The quantitative estimate of drug-likeness (QED) is 0.120. The van der Waals surface area contributed by atoms with Crippen LogP contribution in [0.3, 0.4) is 0 Å². The van der Waals surface area contributed by atoms with Crippen molar-refractivity contribution in [1.29, 1.82) is 0 Å². The molecule has 6 atom stereocenters. The van der Waals surface area contributed by atoms with E-state index in [0.717, 1.165) is 28.1 Å². The molecule has 5 aromatic rings. The van der Waals surface area contributed by atoms with Crippen LogP contribution in [0.1, 0.15) is 29.5 Å². The third-order valence-electron chi connectivity index (χ3n) is 12.3. The van der Waals surface area contributed by atoms with Gasteiger partial charge in [-0.1, -0.05) is 109 Å². The molecule has 0 spiro atoms. The summed E-state index contributed by atoms with van der Waals surface area (Å²) in [6, 6.07) is 40.8. The van der Waals surface area contributed by atoms with Gasteiger partial charge in [0.15, 0.2) is 23.1 Å². The molecule has 282 valence electrons. The van der Waals surface area contributed by atoms with Crippen LogP contribution >= 0.6 is 0 Å². The van der Waals surface area contributed by atoms with Crippen LogP contribution in [0, 0.1) is 29.6 Å². The number of nitrogens with one attached hydrogen (secondary N) is 1. The molecule has 1 heterocycles. The number of amides is 2. The normalized spacial score (nSPS) is 25.4. The van der Waals surface area contributed by atoms with Gasteiger partial charge in [-0.15, -0.1) is 0 Å². The van der Waals surface area contributed by atoms with Crippen molar-refractivity contribution in [3.8, 4) is 11.5 Å². The lowest BCUT2D eigenvalue weighted by Crippen LogP contribution is -2.59. The molecule has 4 aliphatic rings. The first kappa shape index (κ1) is 35.9. The average Bonchev–Trinajstić information content (AvgIpc) is 3.51. The molecule has 8 nitrogen and oxygen atoms in total. The summed E-state index contributed by atoms with van der Waals surface area (Å²) in [7, 11) is 1.48. The molecular formula is C49H40N2O6. The summed E-state index contributed by atoms with van der Waals surface area (Å²) in [5.41, 5.74) is 4.23. The molecular weight excluding hydrogens is 713 g/mol. The summed E-state index contributed by atoms with van der Waals surface area (Å²) in [5.74, 6) is -3.89. The zero-order chi connectivity index (χ0) is 39.3. The van der Waals surface area contributed by atoms with Gasteiger partial charge >= 0.3 is 0 Å². The molecule has 0 unspecified atom stereocenters. The van der Waals surface area contributed by atoms with Gasteiger partial charge in [0.1, 0.15) is 0 Å². The summed E-state index contributed by atoms with van der Waals surface area (Å²) in [6.07, 6.45) is 7.96. The summed E-state index contributed by atoms with van der Waals surface area (Å²) in [6.45, 7) is 0. The average molecular weight is 753 g/mol. The number of benzene rings is 5. The van der Waals surface area contributed by atoms with Gasteiger partial charge in [-0.05, 0) is 90.1 Å². The van der Waals surface area contributed by atoms with Gasteiger partial charge in [0.25, 0.3) is 0 Å². The number of aromatic hydroxyl groups is 1. The van der Waals surface area contributed by atoms with E-state index in [2.05, 4.69) is 11.4 Å². The lowest BCUT2D eigenvalue weighted by Gasteiger charge is -2.54. The second-order valence-electron chi connectivity index (χ2n) is 15.2. The number of hydrogen-bond donors (Lipinski definition) is 2. The number of carbonyl (C=O) groups excluding carboxylic acids is 4. The predicted octanol–water partition coefficient (Wildman–Crippen LogP) is 8.72. The Balaban J connectivity index is 1.16. The molecule has 0 bridgehead atoms. The van der Waals surface area contributed by atoms with E-state index in [1.165, 1.54) is 18.1 Å². The molecule has 8 heteroatoms. The van der Waals surface area contributed by atoms with Crippen LogP contribution in [0.5, 0.6) is 11.5 Å². The number of allylic oxidation sites excluding steroid dienone is 5. The van der Waals surface area contributed by atoms with Crippen molar-refractivity contribution in [3.63, 3.8) is 0 Å². The number of carbonyl (C=O) groups is 4. The Hall–Kier alpha value is -6.80. The maximum atomic E-state index is 15.2. The molecule has 1 saturated heterocycles. The monoisotopic (exact) mass is 752 g/mol. The maximum absolute atomic E-state index is 15.2. The molecule has 0 aromatic heterocycles. The number of fused-ring (bicyclic) bond motifs is 4. The second-order valence-corrected chi connectivity index (χ2v) is 15.2. The number of anilines is 3. The highest BCUT2D eigenvalue weighted by Gasteiger charge is 2.65. The van der Waals surface area contributed by atoms with Gasteiger partial charge in [-0.25, -0.2) is 0 Å². The zero-order valence-electron chi connectivity index (χ0n) is 31.2. The Kier molecular flexibility index (Phi) is 9.04. The van der Waals surface area contributed by atoms with Crippen molar-refractivity contribution in [2.45, 2.75) is 18.3 Å². The number of imide groups is 1. The molecule has 3 aliphatic carbocycles. The van der Waals surface area contributed by atoms with Gasteiger partial charge in [0.05, 0.1) is 30.0 Å². The van der Waals surface area contributed by atoms with E-state index in [9.17, 15) is 14.7 Å². The Bertz CT molecular complexity index is 2490. The number of phenols is 1. The highest BCUT2D eigenvalue weighted by atomic mass is 16.5. The van der Waals surface area contributed by atoms with E-state index < -0.39 is 35.0 Å². The van der Waals surface area contributed by atoms with Crippen molar-refractivity contribution in [2.24, 2.45) is 29.6 Å². The first-order chi connectivity index (χ1) is 27.8. The SMILES string of the molecule is COc1cc(C=C[C@H]2C3=CC[C@@H]4C(=O)N(c5ccc(Nc6ccccc6)cc5)C(=O)[C@@H]4[C@@H]3C[C@H]3C(=O)C(c4ccccc4)=CC(=O)[C@@]23c2ccccc2)ccc1O. The smallest absolute Gasteiger partial charge is 0.238 e. The summed E-state index contributed by atoms with van der Waals surface area (Å²) in [4.78, 5) is 60.6. The molecule has 2 fully saturated rings. The highest BCUT2D eigenvalue weighted by molar-refractivity contribution is 6.31. The van der Waals surface area contributed by atoms with Gasteiger partial charge in [-0.3, -0.25) is 24.1 Å². The number of nitrogens with zero attached hydrogens (tertiary/aromatic N) is 1. The summed E-state index contributed by atoms with van der Waals surface area (Å²) < 4.78 is 5.39. The third-order valence-corrected chi connectivity index (χ3v) is 12.3. The van der Waals surface area contributed by atoms with Gasteiger partial charge in [-0.2, -0.15) is 0 Å². The predicted molar refractivity (Wildman–Crippen MR) is 220 cm³/mol. The van der Waals surface area contributed by atoms with E-state index in [4.69, 9.17) is 4.74 Å². The minimum absolute atomic E-state index is 0.00284. The van der Waals surface area contributed by atoms with Crippen molar-refractivity contribution >= 4 is 52.1 Å². The van der Waals surface area contributed by atoms with Crippen LogP contribution in [0.15, 0.2) is 157 Å². The van der Waals surface area contributed by atoms with Gasteiger partial charge < -0.3 is 15.2 Å². The van der Waals surface area contributed by atoms with E-state index in [1.807, 2.05) is 115 Å². The van der Waals surface area contributed by atoms with Crippen molar-refractivity contribution in [3.05, 3.63) is 174 Å². The Morgan fingerprint density at radius 1 is 0.772 bits per heavy atom. The molecule has 1 aliphatic heterocycles. The highest BCUT2D eigenvalue weighted by Crippen LogP contribution is 2.61. The zero-order valence-corrected chi connectivity index (χ0v) is 31.2. The van der Waals surface area contributed by atoms with Crippen molar-refractivity contribution in [1.82, 2.24) is 0 Å². The number of ketones is 2. The number of ether oxygens (including phenoxy) is 1. The molecule has 5 aromatic carbocycles. The molecule has 2 N–H and O–H groups in total. The van der Waals surface area contributed by atoms with Crippen molar-refractivity contribution < 1.29 is 29.0 Å². The van der Waals surface area contributed by atoms with Crippen molar-refractivity contribution in [2.75, 3.05) is 17.3 Å². The fourth-order valence-corrected chi connectivity index (χ4v) is 9.76. The molecule has 0 radical (unpaired) electrons. The maximum Gasteiger partial charge on any atom is 0.238 e. The van der Waals surface area contributed by atoms with E-state index in [1.54, 1.807) is 30.3 Å². The van der Waals surface area contributed by atoms with Crippen LogP contribution < -0.4 is 15.0 Å². The summed E-state index contributed by atoms with van der Waals surface area (Å²) in [5, 5.41) is 13.7. The number of para-hydroxylation sites is 1. The first-order valence-electron chi connectivity index (χ1n) is 19.3. The standard InChI is InChI=1S/C49H40N2O6/c1-57-43-27-30(18-26-42(43)52)17-25-40-36-23-24-37-45(48(56)51(47(37)55)35-21-19-34(20-22-35)50-33-15-9-4-10-16-33)39(36)28-41-46(54)38(31-11-5-2-6-12-31)29-44(53)49(40,41)32-13-7-3-8-14-32/h2-23,25-27,29,37,39-41,45,50,52H,24,28H2,1H3/t37-,39+,40-,41-,45-,49-/m0/s1. The molecule has 2 amide bonds. The molecule has 9 rings (SSSR count). The van der Waals surface area contributed by atoms with Gasteiger partial charge in [0.2, 0.25) is 11.8 Å². The number of rotatable bonds is 8. The largest absolute Gasteiger partial charge is 0.504 e. The van der Waals surface area contributed by atoms with Crippen LogP contribution in [0.4, 0.5) is 17.1 Å². The van der Waals surface area contributed by atoms with Crippen LogP contribution in [-0.2, 0) is 24.6 Å².